The predicted octanol–water partition coefficient (Wildman–Crippen LogP) is 4.45. The lowest BCUT2D eigenvalue weighted by Crippen LogP contribution is -2.14. The van der Waals surface area contributed by atoms with Crippen LogP contribution in [-0.2, 0) is 9.59 Å². The first-order valence-corrected chi connectivity index (χ1v) is 9.25. The lowest BCUT2D eigenvalue weighted by molar-refractivity contribution is -0.137. The average molecular weight is 354 g/mol. The van der Waals surface area contributed by atoms with E-state index in [4.69, 9.17) is 9.84 Å². The van der Waals surface area contributed by atoms with E-state index in [-0.39, 0.29) is 6.42 Å². The highest BCUT2D eigenvalue weighted by atomic mass is 32.2. The molecule has 0 bridgehead atoms. The fraction of sp³-hybridized carbons (Fsp3) is 0.556. The molecule has 0 radical (unpaired) electrons. The van der Waals surface area contributed by atoms with E-state index in [1.165, 1.54) is 11.8 Å². The van der Waals surface area contributed by atoms with Crippen LogP contribution in [0.25, 0.3) is 0 Å². The Balaban J connectivity index is 2.32. The molecule has 0 saturated heterocycles. The van der Waals surface area contributed by atoms with Crippen LogP contribution in [0.1, 0.15) is 51.9 Å². The van der Waals surface area contributed by atoms with Crippen LogP contribution in [0.15, 0.2) is 29.2 Å². The molecule has 0 amide bonds. The Hall–Kier alpha value is -1.69. The minimum atomic E-state index is -0.807. The zero-order valence-corrected chi connectivity index (χ0v) is 14.9. The number of thioether (sulfide) groups is 1. The predicted molar refractivity (Wildman–Crippen MR) is 94.8 cm³/mol. The topological polar surface area (TPSA) is 83.8 Å². The van der Waals surface area contributed by atoms with Crippen LogP contribution in [0.3, 0.4) is 0 Å². The maximum atomic E-state index is 11.2. The first-order valence-electron chi connectivity index (χ1n) is 8.37. The molecule has 0 heterocycles. The van der Waals surface area contributed by atoms with E-state index in [2.05, 4.69) is 0 Å². The van der Waals surface area contributed by atoms with Gasteiger partial charge in [0.1, 0.15) is 11.0 Å². The number of rotatable bonds is 13. The summed E-state index contributed by atoms with van der Waals surface area (Å²) in [5.41, 5.74) is 0. The van der Waals surface area contributed by atoms with Crippen LogP contribution >= 0.6 is 11.8 Å². The van der Waals surface area contributed by atoms with E-state index >= 15 is 0 Å². The Morgan fingerprint density at radius 2 is 1.75 bits per heavy atom. The SMILES string of the molecule is CCC(Sc1ccccc1OCCCCCCCC(=O)O)C(=O)O. The summed E-state index contributed by atoms with van der Waals surface area (Å²) in [7, 11) is 0. The first kappa shape index (κ1) is 20.4. The first-order chi connectivity index (χ1) is 11.5. The van der Waals surface area contributed by atoms with Gasteiger partial charge in [0.15, 0.2) is 0 Å². The van der Waals surface area contributed by atoms with Crippen molar-refractivity contribution in [3.05, 3.63) is 24.3 Å². The molecule has 5 nitrogen and oxygen atoms in total. The van der Waals surface area contributed by atoms with Crippen LogP contribution in [0.2, 0.25) is 0 Å². The van der Waals surface area contributed by atoms with Gasteiger partial charge in [-0.3, -0.25) is 9.59 Å². The summed E-state index contributed by atoms with van der Waals surface area (Å²) in [6.07, 6.45) is 5.36. The number of carboxylic acids is 2. The van der Waals surface area contributed by atoms with Crippen molar-refractivity contribution in [3.8, 4) is 5.75 Å². The summed E-state index contributed by atoms with van der Waals surface area (Å²) in [5.74, 6) is -0.814. The van der Waals surface area contributed by atoms with Gasteiger partial charge in [-0.15, -0.1) is 11.8 Å². The maximum Gasteiger partial charge on any atom is 0.316 e. The normalized spacial score (nSPS) is 11.9. The number of ether oxygens (including phenoxy) is 1. The standard InChI is InChI=1S/C18H26O5S/c1-2-15(18(21)22)24-16-11-8-7-10-14(16)23-13-9-5-3-4-6-12-17(19)20/h7-8,10-11,15H,2-6,9,12-13H2,1H3,(H,19,20)(H,21,22). The molecule has 0 spiro atoms. The molecule has 2 N–H and O–H groups in total. The van der Waals surface area contributed by atoms with Gasteiger partial charge in [-0.25, -0.2) is 0 Å². The Morgan fingerprint density at radius 3 is 2.42 bits per heavy atom. The number of benzene rings is 1. The van der Waals surface area contributed by atoms with Crippen molar-refractivity contribution < 1.29 is 24.5 Å². The van der Waals surface area contributed by atoms with Crippen molar-refractivity contribution >= 4 is 23.7 Å². The molecule has 0 aliphatic heterocycles. The van der Waals surface area contributed by atoms with E-state index < -0.39 is 17.2 Å². The van der Waals surface area contributed by atoms with E-state index in [1.807, 2.05) is 31.2 Å². The summed E-state index contributed by atoms with van der Waals surface area (Å²) >= 11 is 1.32. The van der Waals surface area contributed by atoms with Crippen LogP contribution in [0, 0.1) is 0 Å². The van der Waals surface area contributed by atoms with Gasteiger partial charge < -0.3 is 14.9 Å². The van der Waals surface area contributed by atoms with Crippen LogP contribution in [0.5, 0.6) is 5.75 Å². The van der Waals surface area contributed by atoms with Gasteiger partial charge in [-0.2, -0.15) is 0 Å². The number of carbonyl (C=O) groups is 2. The second-order valence-electron chi connectivity index (χ2n) is 5.56. The summed E-state index contributed by atoms with van der Waals surface area (Å²) in [6.45, 7) is 2.44. The molecule has 0 saturated carbocycles. The van der Waals surface area contributed by atoms with Gasteiger partial charge in [0, 0.05) is 6.42 Å². The largest absolute Gasteiger partial charge is 0.492 e. The zero-order chi connectivity index (χ0) is 17.8. The van der Waals surface area contributed by atoms with Crippen molar-refractivity contribution in [2.24, 2.45) is 0 Å². The highest BCUT2D eigenvalue weighted by molar-refractivity contribution is 8.00. The Morgan fingerprint density at radius 1 is 1.08 bits per heavy atom. The highest BCUT2D eigenvalue weighted by Crippen LogP contribution is 2.33. The summed E-state index contributed by atoms with van der Waals surface area (Å²) in [5, 5.41) is 17.3. The highest BCUT2D eigenvalue weighted by Gasteiger charge is 2.18. The fourth-order valence-corrected chi connectivity index (χ4v) is 3.19. The molecule has 0 aromatic heterocycles. The van der Waals surface area contributed by atoms with Crippen LogP contribution in [-0.4, -0.2) is 34.0 Å². The second-order valence-corrected chi connectivity index (χ2v) is 6.80. The Kier molecular flexibility index (Phi) is 10.00. The monoisotopic (exact) mass is 354 g/mol. The van der Waals surface area contributed by atoms with Crippen LogP contribution in [0.4, 0.5) is 0 Å². The van der Waals surface area contributed by atoms with E-state index in [0.29, 0.717) is 13.0 Å². The fourth-order valence-electron chi connectivity index (χ4n) is 2.22. The van der Waals surface area contributed by atoms with Gasteiger partial charge >= 0.3 is 11.9 Å². The number of hydrogen-bond donors (Lipinski definition) is 2. The summed E-state index contributed by atoms with van der Waals surface area (Å²) in [6, 6.07) is 7.51. The minimum absolute atomic E-state index is 0.239. The molecule has 1 atom stereocenters. The number of unbranched alkanes of at least 4 members (excludes halogenated alkanes) is 4. The number of para-hydroxylation sites is 1. The molecular weight excluding hydrogens is 328 g/mol. The molecule has 24 heavy (non-hydrogen) atoms. The van der Waals surface area contributed by atoms with E-state index in [1.54, 1.807) is 0 Å². The van der Waals surface area contributed by atoms with Gasteiger partial charge in [-0.05, 0) is 31.4 Å². The average Bonchev–Trinajstić information content (AvgIpc) is 2.55. The molecule has 134 valence electrons. The Bertz CT molecular complexity index is 518. The number of carboxylic acid groups (broad SMARTS) is 2. The summed E-state index contributed by atoms with van der Waals surface area (Å²) < 4.78 is 5.80. The van der Waals surface area contributed by atoms with Crippen molar-refractivity contribution in [2.45, 2.75) is 62.0 Å². The molecule has 0 fully saturated rings. The molecule has 1 aromatic rings. The van der Waals surface area contributed by atoms with Gasteiger partial charge in [0.25, 0.3) is 0 Å². The molecule has 1 unspecified atom stereocenters. The zero-order valence-electron chi connectivity index (χ0n) is 14.1. The van der Waals surface area contributed by atoms with Gasteiger partial charge in [-0.1, -0.05) is 38.3 Å². The third-order valence-electron chi connectivity index (χ3n) is 3.56. The van der Waals surface area contributed by atoms with Gasteiger partial charge in [0.05, 0.1) is 11.5 Å². The Labute approximate surface area is 147 Å². The molecule has 0 aliphatic rings. The minimum Gasteiger partial charge on any atom is -0.492 e. The van der Waals surface area contributed by atoms with Crippen LogP contribution < -0.4 is 4.74 Å². The van der Waals surface area contributed by atoms with Crippen molar-refractivity contribution in [1.82, 2.24) is 0 Å². The molecule has 0 aliphatic carbocycles. The number of hydrogen-bond acceptors (Lipinski definition) is 4. The van der Waals surface area contributed by atoms with E-state index in [0.717, 1.165) is 42.7 Å². The van der Waals surface area contributed by atoms with Gasteiger partial charge in [0.2, 0.25) is 0 Å². The van der Waals surface area contributed by atoms with E-state index in [9.17, 15) is 14.7 Å². The molecule has 1 rings (SSSR count). The molecule has 6 heteroatoms. The quantitative estimate of drug-likeness (QED) is 0.402. The molecule has 1 aromatic carbocycles. The third kappa shape index (κ3) is 8.24. The third-order valence-corrected chi connectivity index (χ3v) is 4.97. The number of aliphatic carboxylic acids is 2. The van der Waals surface area contributed by atoms with Crippen molar-refractivity contribution in [2.75, 3.05) is 6.61 Å². The second kappa shape index (κ2) is 11.8. The lowest BCUT2D eigenvalue weighted by atomic mass is 10.1. The summed E-state index contributed by atoms with van der Waals surface area (Å²) in [4.78, 5) is 22.4. The smallest absolute Gasteiger partial charge is 0.316 e. The maximum absolute atomic E-state index is 11.2. The lowest BCUT2D eigenvalue weighted by Gasteiger charge is -2.14. The molecular formula is C18H26O5S. The van der Waals surface area contributed by atoms with Crippen molar-refractivity contribution in [3.63, 3.8) is 0 Å². The van der Waals surface area contributed by atoms with Crippen molar-refractivity contribution in [1.29, 1.82) is 0 Å².